The molecule has 0 aromatic rings. The van der Waals surface area contributed by atoms with Gasteiger partial charge in [0.25, 0.3) is 0 Å². The summed E-state index contributed by atoms with van der Waals surface area (Å²) in [6.45, 7) is 10.5. The number of rotatable bonds is 2. The third-order valence-corrected chi connectivity index (χ3v) is 1.27. The van der Waals surface area contributed by atoms with Gasteiger partial charge in [-0.25, -0.2) is 0 Å². The zero-order chi connectivity index (χ0) is 12.0. The minimum atomic E-state index is 0.373. The lowest BCUT2D eigenvalue weighted by Crippen LogP contribution is -1.85. The molecule has 1 aliphatic heterocycles. The fourth-order valence-corrected chi connectivity index (χ4v) is 0.676. The van der Waals surface area contributed by atoms with Gasteiger partial charge in [-0.2, -0.15) is 0 Å². The Kier molecular flexibility index (Phi) is 24.7. The van der Waals surface area contributed by atoms with E-state index in [0.29, 0.717) is 6.10 Å². The fourth-order valence-electron chi connectivity index (χ4n) is 0.676. The maximum Gasteiger partial charge on any atom is 0.106 e. The van der Waals surface area contributed by atoms with Crippen LogP contribution in [0.4, 0.5) is 0 Å². The predicted octanol–water partition coefficient (Wildman–Crippen LogP) is 1.69. The Morgan fingerprint density at radius 2 is 1.64 bits per heavy atom. The van der Waals surface area contributed by atoms with Gasteiger partial charge in [0, 0.05) is 0 Å². The van der Waals surface area contributed by atoms with E-state index < -0.39 is 0 Å². The van der Waals surface area contributed by atoms with Gasteiger partial charge in [0.1, 0.15) is 6.10 Å². The third-order valence-electron chi connectivity index (χ3n) is 1.27. The molecule has 0 aromatic heterocycles. The Bertz CT molecular complexity index is 129. The van der Waals surface area contributed by atoms with Gasteiger partial charge in [0.05, 0.1) is 6.61 Å². The van der Waals surface area contributed by atoms with Gasteiger partial charge < -0.3 is 16.2 Å². The van der Waals surface area contributed by atoms with Crippen LogP contribution in [0.1, 0.15) is 20.8 Å². The third kappa shape index (κ3) is 11.4. The van der Waals surface area contributed by atoms with Crippen molar-refractivity contribution in [2.75, 3.05) is 20.7 Å². The van der Waals surface area contributed by atoms with Crippen LogP contribution in [0, 0.1) is 0 Å². The van der Waals surface area contributed by atoms with Gasteiger partial charge in [-0.1, -0.05) is 32.6 Å². The Labute approximate surface area is 88.8 Å². The molecule has 3 nitrogen and oxygen atoms in total. The summed E-state index contributed by atoms with van der Waals surface area (Å²) >= 11 is 0. The van der Waals surface area contributed by atoms with Crippen molar-refractivity contribution >= 4 is 0 Å². The highest BCUT2D eigenvalue weighted by atomic mass is 16.6. The van der Waals surface area contributed by atoms with Crippen LogP contribution in [0.2, 0.25) is 0 Å². The number of allylic oxidation sites excluding steroid dienone is 1. The minimum Gasteiger partial charge on any atom is -0.368 e. The summed E-state index contributed by atoms with van der Waals surface area (Å²) in [5, 5.41) is 0. The molecule has 0 unspecified atom stereocenters. The van der Waals surface area contributed by atoms with Gasteiger partial charge >= 0.3 is 0 Å². The van der Waals surface area contributed by atoms with Crippen molar-refractivity contribution in [3.05, 3.63) is 24.3 Å². The summed E-state index contributed by atoms with van der Waals surface area (Å²) in [5.41, 5.74) is 10.2. The van der Waals surface area contributed by atoms with E-state index in [0.717, 1.165) is 6.61 Å². The lowest BCUT2D eigenvalue weighted by molar-refractivity contribution is 0.434. The average molecular weight is 202 g/mol. The summed E-state index contributed by atoms with van der Waals surface area (Å²) in [7, 11) is 3.00. The van der Waals surface area contributed by atoms with Crippen molar-refractivity contribution in [3.63, 3.8) is 0 Å². The molecule has 14 heavy (non-hydrogen) atoms. The smallest absolute Gasteiger partial charge is 0.106 e. The first-order chi connectivity index (χ1) is 6.88. The molecule has 1 fully saturated rings. The summed E-state index contributed by atoms with van der Waals surface area (Å²) in [6.07, 6.45) is 4.25. The van der Waals surface area contributed by atoms with Crippen LogP contribution < -0.4 is 11.5 Å². The molecule has 0 spiro atoms. The van der Waals surface area contributed by atoms with Crippen molar-refractivity contribution in [1.29, 1.82) is 0 Å². The van der Waals surface area contributed by atoms with Crippen molar-refractivity contribution < 1.29 is 4.74 Å². The molecular formula is C11H26N2O. The van der Waals surface area contributed by atoms with E-state index in [1.165, 1.54) is 19.7 Å². The quantitative estimate of drug-likeness (QED) is 0.529. The van der Waals surface area contributed by atoms with Crippen LogP contribution in [-0.2, 0) is 4.74 Å². The van der Waals surface area contributed by atoms with E-state index in [1.54, 1.807) is 0 Å². The largest absolute Gasteiger partial charge is 0.368 e. The van der Waals surface area contributed by atoms with Gasteiger partial charge in [0.2, 0.25) is 0 Å². The molecule has 0 bridgehead atoms. The van der Waals surface area contributed by atoms with E-state index in [1.807, 2.05) is 32.9 Å². The molecule has 4 N–H and O–H groups in total. The molecule has 86 valence electrons. The number of epoxide rings is 1. The van der Waals surface area contributed by atoms with Crippen LogP contribution in [0.15, 0.2) is 24.3 Å². The Hall–Kier alpha value is -0.640. The van der Waals surface area contributed by atoms with E-state index in [4.69, 9.17) is 4.74 Å². The van der Waals surface area contributed by atoms with Gasteiger partial charge in [0.15, 0.2) is 0 Å². The highest BCUT2D eigenvalue weighted by Crippen LogP contribution is 2.19. The second kappa shape index (κ2) is 18.2. The van der Waals surface area contributed by atoms with Crippen molar-refractivity contribution in [2.45, 2.75) is 26.9 Å². The molecule has 0 aliphatic carbocycles. The zero-order valence-electron chi connectivity index (χ0n) is 10.2. The number of ether oxygens (including phenoxy) is 1. The minimum absolute atomic E-state index is 0.373. The molecule has 1 aliphatic rings. The molecule has 0 radical (unpaired) electrons. The molecular weight excluding hydrogens is 176 g/mol. The first-order valence-electron chi connectivity index (χ1n) is 4.94. The van der Waals surface area contributed by atoms with Crippen molar-refractivity contribution in [2.24, 2.45) is 11.5 Å². The van der Waals surface area contributed by atoms with E-state index in [2.05, 4.69) is 18.0 Å². The molecule has 1 saturated heterocycles. The summed E-state index contributed by atoms with van der Waals surface area (Å²) in [4.78, 5) is 0. The number of hydrogen-bond acceptors (Lipinski definition) is 3. The fraction of sp³-hybridized carbons (Fsp3) is 0.636. The highest BCUT2D eigenvalue weighted by Gasteiger charge is 2.24. The molecule has 0 aromatic carbocycles. The van der Waals surface area contributed by atoms with Crippen LogP contribution in [-0.4, -0.2) is 26.8 Å². The van der Waals surface area contributed by atoms with Gasteiger partial charge in [-0.05, 0) is 26.6 Å². The van der Waals surface area contributed by atoms with Crippen LogP contribution in [0.3, 0.4) is 0 Å². The first kappa shape index (κ1) is 19.0. The van der Waals surface area contributed by atoms with Crippen LogP contribution in [0.5, 0.6) is 0 Å². The molecule has 0 saturated carbocycles. The Morgan fingerprint density at radius 3 is 1.71 bits per heavy atom. The topological polar surface area (TPSA) is 64.6 Å². The summed E-state index contributed by atoms with van der Waals surface area (Å²) in [5.74, 6) is 0. The highest BCUT2D eigenvalue weighted by molar-refractivity contribution is 5.23. The van der Waals surface area contributed by atoms with Crippen molar-refractivity contribution in [3.8, 4) is 0 Å². The normalized spacial score (nSPS) is 17.1. The summed E-state index contributed by atoms with van der Waals surface area (Å²) in [6, 6.07) is 0. The Balaban J connectivity index is -0.000000174. The SMILES string of the molecule is C=C/C(=C\C)[C@H]1CO1.CC.CN.CN. The average Bonchev–Trinajstić information content (AvgIpc) is 3.13. The van der Waals surface area contributed by atoms with Gasteiger partial charge in [-0.3, -0.25) is 0 Å². The molecule has 3 heteroatoms. The van der Waals surface area contributed by atoms with Crippen molar-refractivity contribution in [1.82, 2.24) is 0 Å². The van der Waals surface area contributed by atoms with Gasteiger partial charge in [-0.15, -0.1) is 0 Å². The zero-order valence-corrected chi connectivity index (χ0v) is 10.2. The maximum absolute atomic E-state index is 5.01. The molecule has 1 atom stereocenters. The maximum atomic E-state index is 5.01. The van der Waals surface area contributed by atoms with E-state index in [9.17, 15) is 0 Å². The first-order valence-corrected chi connectivity index (χ1v) is 4.94. The van der Waals surface area contributed by atoms with Crippen LogP contribution in [0.25, 0.3) is 0 Å². The molecule has 0 amide bonds. The molecule has 1 heterocycles. The monoisotopic (exact) mass is 202 g/mol. The standard InChI is InChI=1S/C7H10O.C2H6.2CH5N/c1-3-6(4-2)7-5-8-7;3*1-2/h3-4,7H,1,5H2,2H3;1-2H3;2*2H2,1H3/b6-4+;;;/t7-;;;/m1.../s1. The van der Waals surface area contributed by atoms with E-state index in [-0.39, 0.29) is 0 Å². The number of hydrogen-bond donors (Lipinski definition) is 2. The molecule has 1 rings (SSSR count). The Morgan fingerprint density at radius 1 is 1.29 bits per heavy atom. The van der Waals surface area contributed by atoms with E-state index >= 15 is 0 Å². The lowest BCUT2D eigenvalue weighted by Gasteiger charge is -1.88. The predicted molar refractivity (Wildman–Crippen MR) is 65.3 cm³/mol. The van der Waals surface area contributed by atoms with Crippen LogP contribution >= 0.6 is 0 Å². The lowest BCUT2D eigenvalue weighted by atomic mass is 10.2. The summed E-state index contributed by atoms with van der Waals surface area (Å²) < 4.78 is 5.01. The number of nitrogens with two attached hydrogens (primary N) is 2. The second-order valence-electron chi connectivity index (χ2n) is 1.81. The second-order valence-corrected chi connectivity index (χ2v) is 1.81.